The summed E-state index contributed by atoms with van der Waals surface area (Å²) < 4.78 is 7.47. The van der Waals surface area contributed by atoms with E-state index in [1.54, 1.807) is 29.8 Å². The molecule has 5 nitrogen and oxygen atoms in total. The van der Waals surface area contributed by atoms with Crippen molar-refractivity contribution in [1.82, 2.24) is 14.8 Å². The van der Waals surface area contributed by atoms with Gasteiger partial charge < -0.3 is 9.84 Å². The second-order valence-electron chi connectivity index (χ2n) is 4.87. The number of nitrogens with zero attached hydrogens (tertiary/aromatic N) is 3. The summed E-state index contributed by atoms with van der Waals surface area (Å²) in [5, 5.41) is 14.1. The molecule has 0 unspecified atom stereocenters. The summed E-state index contributed by atoms with van der Waals surface area (Å²) in [6.07, 6.45) is 0.960. The summed E-state index contributed by atoms with van der Waals surface area (Å²) in [7, 11) is 0. The van der Waals surface area contributed by atoms with Crippen LogP contribution in [0.1, 0.15) is 44.3 Å². The average Bonchev–Trinajstić information content (AvgIpc) is 2.85. The Balaban J connectivity index is 2.09. The maximum absolute atomic E-state index is 9.50. The molecule has 1 aromatic heterocycles. The SMILES string of the molecule is CC(C)n1ncnc1COc1ccc([C@@H](C)O)cc1Cl. The van der Waals surface area contributed by atoms with E-state index in [1.807, 2.05) is 13.8 Å². The molecule has 1 heterocycles. The van der Waals surface area contributed by atoms with Gasteiger partial charge in [-0.25, -0.2) is 9.67 Å². The molecule has 0 aliphatic heterocycles. The average molecular weight is 296 g/mol. The molecule has 1 atom stereocenters. The van der Waals surface area contributed by atoms with E-state index in [-0.39, 0.29) is 6.04 Å². The molecular formula is C14H18ClN3O2. The molecule has 6 heteroatoms. The molecule has 0 saturated carbocycles. The first-order valence-electron chi connectivity index (χ1n) is 6.47. The molecule has 0 bridgehead atoms. The van der Waals surface area contributed by atoms with Crippen molar-refractivity contribution in [2.24, 2.45) is 0 Å². The van der Waals surface area contributed by atoms with E-state index in [0.29, 0.717) is 17.4 Å². The topological polar surface area (TPSA) is 60.2 Å². The minimum Gasteiger partial charge on any atom is -0.484 e. The van der Waals surface area contributed by atoms with Gasteiger partial charge in [-0.05, 0) is 38.5 Å². The quantitative estimate of drug-likeness (QED) is 0.920. The molecule has 0 saturated heterocycles. The summed E-state index contributed by atoms with van der Waals surface area (Å²) in [6, 6.07) is 5.47. The minimum absolute atomic E-state index is 0.226. The first-order valence-corrected chi connectivity index (χ1v) is 6.85. The fraction of sp³-hybridized carbons (Fsp3) is 0.429. The zero-order chi connectivity index (χ0) is 14.7. The van der Waals surface area contributed by atoms with Crippen molar-refractivity contribution in [2.75, 3.05) is 0 Å². The second-order valence-corrected chi connectivity index (χ2v) is 5.28. The number of ether oxygens (including phenoxy) is 1. The predicted octanol–water partition coefficient (Wildman–Crippen LogP) is 3.14. The van der Waals surface area contributed by atoms with E-state index < -0.39 is 6.10 Å². The summed E-state index contributed by atoms with van der Waals surface area (Å²) in [5.74, 6) is 1.31. The van der Waals surface area contributed by atoms with Gasteiger partial charge in [0.15, 0.2) is 5.82 Å². The van der Waals surface area contributed by atoms with Gasteiger partial charge in [0.05, 0.1) is 11.1 Å². The van der Waals surface area contributed by atoms with Crippen LogP contribution in [0.3, 0.4) is 0 Å². The summed E-state index contributed by atoms with van der Waals surface area (Å²) in [5.41, 5.74) is 0.757. The smallest absolute Gasteiger partial charge is 0.165 e. The van der Waals surface area contributed by atoms with Crippen molar-refractivity contribution in [2.45, 2.75) is 39.5 Å². The van der Waals surface area contributed by atoms with Crippen LogP contribution in [0.5, 0.6) is 5.75 Å². The molecule has 0 radical (unpaired) electrons. The number of hydrogen-bond acceptors (Lipinski definition) is 4. The molecule has 0 spiro atoms. The highest BCUT2D eigenvalue weighted by atomic mass is 35.5. The van der Waals surface area contributed by atoms with Crippen LogP contribution >= 0.6 is 11.6 Å². The first kappa shape index (κ1) is 14.8. The van der Waals surface area contributed by atoms with Gasteiger partial charge in [-0.15, -0.1) is 0 Å². The number of aromatic nitrogens is 3. The highest BCUT2D eigenvalue weighted by Gasteiger charge is 2.10. The molecule has 20 heavy (non-hydrogen) atoms. The Kier molecular flexibility index (Phi) is 4.62. The summed E-state index contributed by atoms with van der Waals surface area (Å²) in [4.78, 5) is 4.17. The van der Waals surface area contributed by atoms with E-state index in [0.717, 1.165) is 11.4 Å². The monoisotopic (exact) mass is 295 g/mol. The van der Waals surface area contributed by atoms with Gasteiger partial charge in [0.1, 0.15) is 18.7 Å². The van der Waals surface area contributed by atoms with Crippen molar-refractivity contribution in [1.29, 1.82) is 0 Å². The highest BCUT2D eigenvalue weighted by Crippen LogP contribution is 2.28. The molecular weight excluding hydrogens is 278 g/mol. The van der Waals surface area contributed by atoms with E-state index in [4.69, 9.17) is 16.3 Å². The number of benzene rings is 1. The van der Waals surface area contributed by atoms with Gasteiger partial charge in [0.2, 0.25) is 0 Å². The van der Waals surface area contributed by atoms with Crippen LogP contribution in [0.2, 0.25) is 5.02 Å². The molecule has 1 N–H and O–H groups in total. The van der Waals surface area contributed by atoms with Gasteiger partial charge >= 0.3 is 0 Å². The lowest BCUT2D eigenvalue weighted by Crippen LogP contribution is -2.10. The third-order valence-electron chi connectivity index (χ3n) is 2.93. The van der Waals surface area contributed by atoms with Crippen molar-refractivity contribution in [3.8, 4) is 5.75 Å². The molecule has 0 fully saturated rings. The lowest BCUT2D eigenvalue weighted by Gasteiger charge is -2.12. The number of hydrogen-bond donors (Lipinski definition) is 1. The largest absolute Gasteiger partial charge is 0.484 e. The Morgan fingerprint density at radius 2 is 2.10 bits per heavy atom. The van der Waals surface area contributed by atoms with E-state index in [9.17, 15) is 5.11 Å². The first-order chi connectivity index (χ1) is 9.49. The normalized spacial score (nSPS) is 12.7. The lowest BCUT2D eigenvalue weighted by atomic mass is 10.1. The highest BCUT2D eigenvalue weighted by molar-refractivity contribution is 6.32. The van der Waals surface area contributed by atoms with Crippen LogP contribution in [0, 0.1) is 0 Å². The summed E-state index contributed by atoms with van der Waals surface area (Å²) >= 11 is 6.14. The Hall–Kier alpha value is -1.59. The van der Waals surface area contributed by atoms with Crippen molar-refractivity contribution >= 4 is 11.6 Å². The third-order valence-corrected chi connectivity index (χ3v) is 3.23. The number of aliphatic hydroxyl groups is 1. The second kappa shape index (κ2) is 6.24. The molecule has 0 aliphatic carbocycles. The fourth-order valence-electron chi connectivity index (χ4n) is 1.84. The van der Waals surface area contributed by atoms with Gasteiger partial charge in [0, 0.05) is 6.04 Å². The van der Waals surface area contributed by atoms with E-state index in [2.05, 4.69) is 10.1 Å². The minimum atomic E-state index is -0.550. The fourth-order valence-corrected chi connectivity index (χ4v) is 2.09. The van der Waals surface area contributed by atoms with Gasteiger partial charge in [-0.3, -0.25) is 0 Å². The Labute approximate surface area is 123 Å². The van der Waals surface area contributed by atoms with Crippen LogP contribution in [0.15, 0.2) is 24.5 Å². The Morgan fingerprint density at radius 1 is 1.35 bits per heavy atom. The van der Waals surface area contributed by atoms with Crippen LogP contribution in [-0.2, 0) is 6.61 Å². The van der Waals surface area contributed by atoms with Gasteiger partial charge in [0.25, 0.3) is 0 Å². The van der Waals surface area contributed by atoms with Gasteiger partial charge in [-0.1, -0.05) is 17.7 Å². The van der Waals surface area contributed by atoms with E-state index >= 15 is 0 Å². The van der Waals surface area contributed by atoms with Crippen LogP contribution < -0.4 is 4.74 Å². The van der Waals surface area contributed by atoms with Crippen molar-refractivity contribution in [3.63, 3.8) is 0 Å². The molecule has 1 aromatic carbocycles. The number of rotatable bonds is 5. The molecule has 0 amide bonds. The molecule has 2 rings (SSSR count). The maximum Gasteiger partial charge on any atom is 0.165 e. The van der Waals surface area contributed by atoms with Crippen LogP contribution in [0.25, 0.3) is 0 Å². The van der Waals surface area contributed by atoms with Crippen molar-refractivity contribution < 1.29 is 9.84 Å². The standard InChI is InChI=1S/C14H18ClN3O2/c1-9(2)18-14(16-8-17-18)7-20-13-5-4-11(10(3)19)6-12(13)15/h4-6,8-10,19H,7H2,1-3H3/t10-/m1/s1. The molecule has 2 aromatic rings. The number of halogens is 1. The number of aliphatic hydroxyl groups excluding tert-OH is 1. The summed E-state index contributed by atoms with van der Waals surface area (Å²) in [6.45, 7) is 6.05. The van der Waals surface area contributed by atoms with Gasteiger partial charge in [-0.2, -0.15) is 5.10 Å². The predicted molar refractivity (Wildman–Crippen MR) is 76.8 cm³/mol. The maximum atomic E-state index is 9.50. The van der Waals surface area contributed by atoms with Crippen LogP contribution in [-0.4, -0.2) is 19.9 Å². The molecule has 108 valence electrons. The van der Waals surface area contributed by atoms with Crippen LogP contribution in [0.4, 0.5) is 0 Å². The zero-order valence-electron chi connectivity index (χ0n) is 11.7. The zero-order valence-corrected chi connectivity index (χ0v) is 12.5. The Bertz CT molecular complexity index is 582. The Morgan fingerprint density at radius 3 is 2.70 bits per heavy atom. The molecule has 0 aliphatic rings. The van der Waals surface area contributed by atoms with E-state index in [1.165, 1.54) is 6.33 Å². The van der Waals surface area contributed by atoms with Crippen molar-refractivity contribution in [3.05, 3.63) is 40.9 Å². The third kappa shape index (κ3) is 3.29. The lowest BCUT2D eigenvalue weighted by molar-refractivity contribution is 0.199.